The van der Waals surface area contributed by atoms with Crippen molar-refractivity contribution in [3.05, 3.63) is 61.5 Å². The van der Waals surface area contributed by atoms with Gasteiger partial charge in [-0.05, 0) is 36.6 Å². The quantitative estimate of drug-likeness (QED) is 0.693. The smallest absolute Gasteiger partial charge is 0.431 e. The van der Waals surface area contributed by atoms with Crippen LogP contribution in [-0.2, 0) is 19.6 Å². The van der Waals surface area contributed by atoms with Crippen LogP contribution in [0.25, 0.3) is 0 Å². The molecular weight excluding hydrogens is 420 g/mol. The molecule has 5 nitrogen and oxygen atoms in total. The molecule has 1 N–H and O–H groups in total. The van der Waals surface area contributed by atoms with E-state index < -0.39 is 34.6 Å². The second-order valence-corrected chi connectivity index (χ2v) is 6.76. The molecule has 0 aliphatic rings. The Balaban J connectivity index is 2.12. The summed E-state index contributed by atoms with van der Waals surface area (Å²) in [5.41, 5.74) is -1.85. The molecule has 0 bridgehead atoms. The molecule has 152 valence electrons. The molecule has 0 saturated carbocycles. The van der Waals surface area contributed by atoms with Crippen molar-refractivity contribution < 1.29 is 22.7 Å². The van der Waals surface area contributed by atoms with Crippen LogP contribution >= 0.6 is 23.2 Å². The third-order valence-corrected chi connectivity index (χ3v) is 4.78. The number of aryl methyl sites for hydroxylation is 1. The number of pyridine rings is 1. The maximum atomic E-state index is 13.1. The van der Waals surface area contributed by atoms with Gasteiger partial charge in [0.05, 0.1) is 22.7 Å². The second kappa shape index (κ2) is 8.87. The molecule has 1 aromatic heterocycles. The zero-order chi connectivity index (χ0) is 21.1. The van der Waals surface area contributed by atoms with Crippen molar-refractivity contribution in [2.24, 2.45) is 7.05 Å². The molecule has 0 aliphatic heterocycles. The Morgan fingerprint density at radius 1 is 1.21 bits per heavy atom. The number of nitrogens with one attached hydrogen (secondary N) is 1. The van der Waals surface area contributed by atoms with Crippen LogP contribution in [0, 0.1) is 0 Å². The summed E-state index contributed by atoms with van der Waals surface area (Å²) >= 11 is 11.8. The standard InChI is InChI=1S/C18H17Cl2F3N2O3/c1-25-14(18(21,22)23)9-11(15(28-2)17(25)27)16(26)24-7-3-4-10-5-6-12(19)13(20)8-10/h5-6,8-9H,3-4,7H2,1-2H3,(H,24,26). The lowest BCUT2D eigenvalue weighted by molar-refractivity contribution is -0.143. The van der Waals surface area contributed by atoms with E-state index in [4.69, 9.17) is 27.9 Å². The number of nitrogens with zero attached hydrogens (tertiary/aromatic N) is 1. The summed E-state index contributed by atoms with van der Waals surface area (Å²) < 4.78 is 44.6. The van der Waals surface area contributed by atoms with Crippen LogP contribution in [0.2, 0.25) is 10.0 Å². The van der Waals surface area contributed by atoms with Crippen LogP contribution in [0.4, 0.5) is 13.2 Å². The van der Waals surface area contributed by atoms with E-state index in [9.17, 15) is 22.8 Å². The van der Waals surface area contributed by atoms with Gasteiger partial charge in [-0.1, -0.05) is 29.3 Å². The minimum Gasteiger partial charge on any atom is -0.491 e. The Kier molecular flexibility index (Phi) is 7.01. The molecule has 1 amide bonds. The van der Waals surface area contributed by atoms with Gasteiger partial charge >= 0.3 is 6.18 Å². The number of carbonyl (C=O) groups excluding carboxylic acids is 1. The van der Waals surface area contributed by atoms with E-state index in [2.05, 4.69) is 5.32 Å². The lowest BCUT2D eigenvalue weighted by Gasteiger charge is -2.16. The maximum absolute atomic E-state index is 13.1. The molecule has 0 radical (unpaired) electrons. The predicted octanol–water partition coefficient (Wildman–Crippen LogP) is 4.08. The highest BCUT2D eigenvalue weighted by Gasteiger charge is 2.36. The molecule has 1 heterocycles. The largest absolute Gasteiger partial charge is 0.491 e. The summed E-state index contributed by atoms with van der Waals surface area (Å²) in [5.74, 6) is -1.27. The fourth-order valence-corrected chi connectivity index (χ4v) is 2.92. The molecule has 0 spiro atoms. The van der Waals surface area contributed by atoms with Crippen molar-refractivity contribution in [1.29, 1.82) is 0 Å². The Labute approximate surface area is 169 Å². The molecule has 2 aromatic rings. The third kappa shape index (κ3) is 4.99. The average molecular weight is 437 g/mol. The van der Waals surface area contributed by atoms with Crippen molar-refractivity contribution in [2.45, 2.75) is 19.0 Å². The van der Waals surface area contributed by atoms with Crippen LogP contribution in [0.1, 0.15) is 28.0 Å². The Morgan fingerprint density at radius 2 is 1.89 bits per heavy atom. The highest BCUT2D eigenvalue weighted by Crippen LogP contribution is 2.30. The van der Waals surface area contributed by atoms with Crippen molar-refractivity contribution in [3.63, 3.8) is 0 Å². The number of alkyl halides is 3. The van der Waals surface area contributed by atoms with Gasteiger partial charge in [0.25, 0.3) is 11.5 Å². The van der Waals surface area contributed by atoms with Gasteiger partial charge in [0, 0.05) is 13.6 Å². The molecule has 10 heteroatoms. The van der Waals surface area contributed by atoms with E-state index in [-0.39, 0.29) is 6.54 Å². The minimum absolute atomic E-state index is 0.179. The van der Waals surface area contributed by atoms with E-state index in [1.54, 1.807) is 18.2 Å². The van der Waals surface area contributed by atoms with Gasteiger partial charge in [0.1, 0.15) is 5.69 Å². The van der Waals surface area contributed by atoms with Crippen molar-refractivity contribution in [1.82, 2.24) is 9.88 Å². The first-order valence-electron chi connectivity index (χ1n) is 8.13. The first kappa shape index (κ1) is 22.1. The number of halogens is 5. The molecule has 0 unspecified atom stereocenters. The number of benzene rings is 1. The summed E-state index contributed by atoms with van der Waals surface area (Å²) in [6.07, 6.45) is -3.72. The minimum atomic E-state index is -4.79. The number of hydrogen-bond donors (Lipinski definition) is 1. The number of aromatic nitrogens is 1. The second-order valence-electron chi connectivity index (χ2n) is 5.95. The number of rotatable bonds is 6. The molecule has 1 aromatic carbocycles. The van der Waals surface area contributed by atoms with E-state index in [0.29, 0.717) is 33.5 Å². The molecule has 0 aliphatic carbocycles. The van der Waals surface area contributed by atoms with Crippen LogP contribution in [-0.4, -0.2) is 24.1 Å². The van der Waals surface area contributed by atoms with Gasteiger partial charge in [0.2, 0.25) is 0 Å². The fraction of sp³-hybridized carbons (Fsp3) is 0.333. The number of hydrogen-bond acceptors (Lipinski definition) is 3. The van der Waals surface area contributed by atoms with Crippen molar-refractivity contribution >= 4 is 29.1 Å². The topological polar surface area (TPSA) is 60.3 Å². The molecular formula is C18H17Cl2F3N2O3. The van der Waals surface area contributed by atoms with E-state index in [0.717, 1.165) is 19.7 Å². The van der Waals surface area contributed by atoms with Gasteiger partial charge in [-0.15, -0.1) is 0 Å². The first-order valence-corrected chi connectivity index (χ1v) is 8.89. The SMILES string of the molecule is COc1c(C(=O)NCCCc2ccc(Cl)c(Cl)c2)cc(C(F)(F)F)n(C)c1=O. The zero-order valence-electron chi connectivity index (χ0n) is 15.0. The zero-order valence-corrected chi connectivity index (χ0v) is 16.5. The number of amides is 1. The number of ether oxygens (including phenoxy) is 1. The van der Waals surface area contributed by atoms with Crippen LogP contribution in [0.5, 0.6) is 5.75 Å². The highest BCUT2D eigenvalue weighted by molar-refractivity contribution is 6.42. The monoisotopic (exact) mass is 436 g/mol. The van der Waals surface area contributed by atoms with Crippen LogP contribution in [0.3, 0.4) is 0 Å². The summed E-state index contributed by atoms with van der Waals surface area (Å²) in [5, 5.41) is 3.34. The van der Waals surface area contributed by atoms with E-state index in [1.165, 1.54) is 0 Å². The van der Waals surface area contributed by atoms with E-state index in [1.807, 2.05) is 0 Å². The molecule has 0 saturated heterocycles. The van der Waals surface area contributed by atoms with Crippen molar-refractivity contribution in [3.8, 4) is 5.75 Å². The van der Waals surface area contributed by atoms with Gasteiger partial charge in [-0.2, -0.15) is 13.2 Å². The maximum Gasteiger partial charge on any atom is 0.431 e. The summed E-state index contributed by atoms with van der Waals surface area (Å²) in [7, 11) is 2.08. The summed E-state index contributed by atoms with van der Waals surface area (Å²) in [4.78, 5) is 24.4. The van der Waals surface area contributed by atoms with Gasteiger partial charge < -0.3 is 14.6 Å². The van der Waals surface area contributed by atoms with Gasteiger partial charge in [-0.25, -0.2) is 0 Å². The fourth-order valence-electron chi connectivity index (χ4n) is 2.60. The predicted molar refractivity (Wildman–Crippen MR) is 100 cm³/mol. The molecule has 28 heavy (non-hydrogen) atoms. The van der Waals surface area contributed by atoms with Crippen LogP contribution < -0.4 is 15.6 Å². The molecule has 2 rings (SSSR count). The number of methoxy groups -OCH3 is 1. The van der Waals surface area contributed by atoms with E-state index >= 15 is 0 Å². The highest BCUT2D eigenvalue weighted by atomic mass is 35.5. The van der Waals surface area contributed by atoms with Crippen LogP contribution in [0.15, 0.2) is 29.1 Å². The molecule has 0 fully saturated rings. The Hall–Kier alpha value is -2.19. The summed E-state index contributed by atoms with van der Waals surface area (Å²) in [6, 6.07) is 5.75. The van der Waals surface area contributed by atoms with Crippen molar-refractivity contribution in [2.75, 3.05) is 13.7 Å². The summed E-state index contributed by atoms with van der Waals surface area (Å²) in [6.45, 7) is 0.179. The average Bonchev–Trinajstić information content (AvgIpc) is 2.62. The molecule has 0 atom stereocenters. The number of carbonyl (C=O) groups is 1. The van der Waals surface area contributed by atoms with Gasteiger partial charge in [0.15, 0.2) is 5.75 Å². The lowest BCUT2D eigenvalue weighted by Crippen LogP contribution is -2.32. The third-order valence-electron chi connectivity index (χ3n) is 4.04. The Bertz CT molecular complexity index is 943. The Morgan fingerprint density at radius 3 is 2.46 bits per heavy atom. The first-order chi connectivity index (χ1) is 13.1. The normalized spacial score (nSPS) is 11.4. The lowest BCUT2D eigenvalue weighted by atomic mass is 10.1. The van der Waals surface area contributed by atoms with Gasteiger partial charge in [-0.3, -0.25) is 9.59 Å².